The minimum Gasteiger partial charge on any atom is -0.744 e. The molecular formula is C36H43N4O13S2-. The maximum absolute atomic E-state index is 14.0. The van der Waals surface area contributed by atoms with E-state index in [1.54, 1.807) is 32.0 Å². The lowest BCUT2D eigenvalue weighted by atomic mass is 9.90. The van der Waals surface area contributed by atoms with Crippen LogP contribution in [0.5, 0.6) is 0 Å². The molecule has 0 spiro atoms. The van der Waals surface area contributed by atoms with Gasteiger partial charge < -0.3 is 43.6 Å². The van der Waals surface area contributed by atoms with Gasteiger partial charge in [-0.25, -0.2) is 21.8 Å². The molecule has 1 heterocycles. The smallest absolute Gasteiger partial charge is 0.305 e. The zero-order valence-corrected chi connectivity index (χ0v) is 32.1. The molecule has 298 valence electrons. The van der Waals surface area contributed by atoms with Crippen LogP contribution >= 0.6 is 0 Å². The monoisotopic (exact) mass is 803 g/mol. The lowest BCUT2D eigenvalue weighted by Crippen LogP contribution is -2.76. The number of fused-ring (bicyclic) bond motifs is 2. The van der Waals surface area contributed by atoms with Crippen LogP contribution in [-0.2, 0) is 39.3 Å². The number of benzene rings is 3. The van der Waals surface area contributed by atoms with E-state index in [1.165, 1.54) is 42.3 Å². The second kappa shape index (κ2) is 19.1. The van der Waals surface area contributed by atoms with E-state index in [0.29, 0.717) is 6.42 Å². The fraction of sp³-hybridized carbons (Fsp3) is 0.389. The summed E-state index contributed by atoms with van der Waals surface area (Å²) >= 11 is 0. The van der Waals surface area contributed by atoms with Crippen molar-refractivity contribution in [1.29, 1.82) is 0 Å². The number of carbonyl (C=O) groups excluding carboxylic acids is 2. The van der Waals surface area contributed by atoms with E-state index in [2.05, 4.69) is 15.6 Å². The van der Waals surface area contributed by atoms with Crippen molar-refractivity contribution in [2.45, 2.75) is 42.9 Å². The maximum Gasteiger partial charge on any atom is 0.305 e. The van der Waals surface area contributed by atoms with Gasteiger partial charge in [-0.3, -0.25) is 14.4 Å². The fourth-order valence-electron chi connectivity index (χ4n) is 5.92. The van der Waals surface area contributed by atoms with Gasteiger partial charge in [0.2, 0.25) is 11.3 Å². The van der Waals surface area contributed by atoms with E-state index in [9.17, 15) is 40.3 Å². The Balaban J connectivity index is 1.66. The van der Waals surface area contributed by atoms with Gasteiger partial charge in [-0.15, -0.1) is 0 Å². The first-order chi connectivity index (χ1) is 26.1. The van der Waals surface area contributed by atoms with Crippen LogP contribution in [-0.4, -0.2) is 113 Å². The number of anilines is 1. The van der Waals surface area contributed by atoms with Crippen LogP contribution in [0.2, 0.25) is 0 Å². The average molecular weight is 804 g/mol. The molecule has 0 aromatic heterocycles. The number of aliphatic carboxylic acids is 1. The molecule has 2 aliphatic rings. The van der Waals surface area contributed by atoms with Crippen molar-refractivity contribution >= 4 is 54.7 Å². The van der Waals surface area contributed by atoms with Gasteiger partial charge >= 0.3 is 5.97 Å². The number of hydrogen-bond acceptors (Lipinski definition) is 13. The second-order valence-corrected chi connectivity index (χ2v) is 14.8. The van der Waals surface area contributed by atoms with Crippen molar-refractivity contribution in [1.82, 2.24) is 10.2 Å². The lowest BCUT2D eigenvalue weighted by Gasteiger charge is -2.24. The molecule has 0 unspecified atom stereocenters. The average Bonchev–Trinajstić information content (AvgIpc) is 3.11. The van der Waals surface area contributed by atoms with Gasteiger partial charge in [-0.05, 0) is 50.1 Å². The van der Waals surface area contributed by atoms with Crippen LogP contribution in [0.4, 0.5) is 5.69 Å². The molecule has 19 heteroatoms. The van der Waals surface area contributed by atoms with Crippen LogP contribution in [0.1, 0.15) is 43.5 Å². The molecule has 0 saturated heterocycles. The number of rotatable bonds is 20. The molecule has 0 atom stereocenters. The number of amides is 2. The first kappa shape index (κ1) is 42.8. The van der Waals surface area contributed by atoms with Gasteiger partial charge in [0.15, 0.2) is 16.2 Å². The summed E-state index contributed by atoms with van der Waals surface area (Å²) < 4.78 is 93.1. The Labute approximate surface area is 318 Å². The molecule has 2 aromatic carbocycles. The Hall–Kier alpha value is -4.92. The predicted octanol–water partition coefficient (Wildman–Crippen LogP) is 0.922. The van der Waals surface area contributed by atoms with Crippen LogP contribution in [0, 0.1) is 0 Å². The van der Waals surface area contributed by atoms with E-state index in [-0.39, 0.29) is 110 Å². The second-order valence-electron chi connectivity index (χ2n) is 12.2. The molecule has 55 heavy (non-hydrogen) atoms. The number of nitrogens with zero attached hydrogens (tertiary/aromatic N) is 1. The lowest BCUT2D eigenvalue weighted by molar-refractivity contribution is -0.498. The number of carbonyl (C=O) groups is 3. The molecule has 0 fully saturated rings. The quantitative estimate of drug-likeness (QED) is 0.0551. The highest BCUT2D eigenvalue weighted by Gasteiger charge is 2.30. The van der Waals surface area contributed by atoms with E-state index in [1.807, 2.05) is 0 Å². The predicted molar refractivity (Wildman–Crippen MR) is 196 cm³/mol. The summed E-state index contributed by atoms with van der Waals surface area (Å²) in [5.74, 6) is -2.22. The summed E-state index contributed by atoms with van der Waals surface area (Å²) in [6.07, 6.45) is 0.281. The first-order valence-corrected chi connectivity index (χ1v) is 20.2. The van der Waals surface area contributed by atoms with Gasteiger partial charge in [0.25, 0.3) is 5.91 Å². The molecule has 17 nitrogen and oxygen atoms in total. The van der Waals surface area contributed by atoms with E-state index >= 15 is 0 Å². The normalized spacial score (nSPS) is 12.3. The van der Waals surface area contributed by atoms with Crippen molar-refractivity contribution in [3.05, 3.63) is 59.5 Å². The van der Waals surface area contributed by atoms with E-state index in [4.69, 9.17) is 19.0 Å². The van der Waals surface area contributed by atoms with Crippen LogP contribution in [0.15, 0.2) is 62.7 Å². The Morgan fingerprint density at radius 1 is 0.873 bits per heavy atom. The van der Waals surface area contributed by atoms with E-state index < -0.39 is 53.2 Å². The van der Waals surface area contributed by atoms with Gasteiger partial charge in [0.1, 0.15) is 31.7 Å². The molecule has 4 N–H and O–H groups in total. The van der Waals surface area contributed by atoms with Gasteiger partial charge in [0, 0.05) is 61.2 Å². The highest BCUT2D eigenvalue weighted by Crippen LogP contribution is 2.46. The molecule has 2 amide bonds. The topological polar surface area (TPSA) is 259 Å². The third kappa shape index (κ3) is 10.9. The molecule has 0 bridgehead atoms. The highest BCUT2D eigenvalue weighted by atomic mass is 32.2. The first-order valence-electron chi connectivity index (χ1n) is 17.4. The summed E-state index contributed by atoms with van der Waals surface area (Å²) in [7, 11) is -9.02. The Morgan fingerprint density at radius 3 is 2.22 bits per heavy atom. The van der Waals surface area contributed by atoms with E-state index in [0.717, 1.165) is 0 Å². The molecule has 0 saturated carbocycles. The summed E-state index contributed by atoms with van der Waals surface area (Å²) in [5.41, 5.74) is -0.0616. The van der Waals surface area contributed by atoms with Crippen molar-refractivity contribution in [3.8, 4) is 22.5 Å². The summed E-state index contributed by atoms with van der Waals surface area (Å²) in [4.78, 5) is 39.5. The van der Waals surface area contributed by atoms with Crippen molar-refractivity contribution in [3.63, 3.8) is 0 Å². The zero-order valence-electron chi connectivity index (χ0n) is 30.5. The SMILES string of the molecule is CCNc1ccc2c(-c3ccccc3C(=O)N(C)CCCC(=O)NCCOCCOCCC(=O)O)c3ccc(=[NH+]CC)c(S(=O)(=O)[O-])c-3oc2c1S(=O)(=O)[O-]. The standard InChI is InChI=1S/C36H44N4O13S2/c1-4-37-27-14-12-25-31(26-13-15-28(38-5-2)35(55(48,49)50)33(26)53-32(25)34(27)54(45,46)47)23-9-6-7-10-24(23)36(44)40(3)18-8-11-29(41)39-17-20-52-22-21-51-19-16-30(42)43/h6-7,9-10,12-15,37H,4-5,8,11,16-22H2,1-3H3,(H,39,41)(H,42,43)(H,45,46,47)(H,48,49,50)/p-1. The van der Waals surface area contributed by atoms with Crippen LogP contribution in [0.3, 0.4) is 0 Å². The minimum absolute atomic E-state index is 0.0586. The Morgan fingerprint density at radius 2 is 1.56 bits per heavy atom. The molecule has 1 aliphatic carbocycles. The molecule has 2 aromatic rings. The van der Waals surface area contributed by atoms with Crippen LogP contribution < -0.4 is 21.0 Å². The fourth-order valence-corrected chi connectivity index (χ4v) is 7.50. The largest absolute Gasteiger partial charge is 0.744 e. The number of carboxylic acids is 1. The molecular weight excluding hydrogens is 761 g/mol. The molecule has 4 rings (SSSR count). The number of ether oxygens (including phenoxy) is 2. The Bertz CT molecular complexity index is 2290. The summed E-state index contributed by atoms with van der Waals surface area (Å²) in [5, 5.41) is 14.1. The third-order valence-corrected chi connectivity index (χ3v) is 10.1. The zero-order chi connectivity index (χ0) is 40.3. The summed E-state index contributed by atoms with van der Waals surface area (Å²) in [6.45, 7) is 4.93. The molecule has 1 aliphatic heterocycles. The summed E-state index contributed by atoms with van der Waals surface area (Å²) in [6, 6.07) is 12.0. The van der Waals surface area contributed by atoms with Crippen LogP contribution in [0.25, 0.3) is 33.4 Å². The maximum atomic E-state index is 14.0. The minimum atomic E-state index is -5.28. The number of hydrogen-bond donors (Lipinski definition) is 4. The third-order valence-electron chi connectivity index (χ3n) is 8.27. The van der Waals surface area contributed by atoms with Gasteiger partial charge in [-0.1, -0.05) is 18.2 Å². The van der Waals surface area contributed by atoms with Crippen molar-refractivity contribution in [2.24, 2.45) is 0 Å². The van der Waals surface area contributed by atoms with Gasteiger partial charge in [-0.2, -0.15) is 0 Å². The Kier molecular flexibility index (Phi) is 14.9. The van der Waals surface area contributed by atoms with Gasteiger partial charge in [0.05, 0.1) is 38.5 Å². The number of nitrogens with one attached hydrogen (secondary N) is 3. The molecule has 0 radical (unpaired) electrons. The van der Waals surface area contributed by atoms with Crippen molar-refractivity contribution in [2.75, 3.05) is 65.0 Å². The van der Waals surface area contributed by atoms with Crippen molar-refractivity contribution < 1.29 is 64.3 Å². The number of carboxylic acid groups (broad SMARTS) is 1. The highest BCUT2D eigenvalue weighted by molar-refractivity contribution is 7.86.